The molecule has 0 spiro atoms. The maximum atomic E-state index is 12.8. The third-order valence-corrected chi connectivity index (χ3v) is 6.91. The maximum absolute atomic E-state index is 12.8. The van der Waals surface area contributed by atoms with E-state index in [0.29, 0.717) is 19.6 Å². The van der Waals surface area contributed by atoms with Crippen LogP contribution in [0.4, 0.5) is 0 Å². The number of sulfonamides is 1. The van der Waals surface area contributed by atoms with Gasteiger partial charge < -0.3 is 15.4 Å². The molecule has 3 rings (SSSR count). The minimum atomic E-state index is -3.96. The van der Waals surface area contributed by atoms with Gasteiger partial charge >= 0.3 is 0 Å². The van der Waals surface area contributed by atoms with Crippen LogP contribution in [-0.4, -0.2) is 69.3 Å². The summed E-state index contributed by atoms with van der Waals surface area (Å²) in [5.41, 5.74) is 6.01. The Balaban J connectivity index is 1.89. The van der Waals surface area contributed by atoms with Crippen molar-refractivity contribution in [2.24, 2.45) is 11.1 Å². The van der Waals surface area contributed by atoms with E-state index >= 15 is 0 Å². The van der Waals surface area contributed by atoms with Crippen LogP contribution in [0.25, 0.3) is 0 Å². The summed E-state index contributed by atoms with van der Waals surface area (Å²) in [4.78, 5) is 26.7. The van der Waals surface area contributed by atoms with Crippen molar-refractivity contribution in [3.8, 4) is 0 Å². The number of carbonyl (C=O) groups is 2. The Hall–Kier alpha value is -1.97. The summed E-state index contributed by atoms with van der Waals surface area (Å²) >= 11 is 0. The summed E-state index contributed by atoms with van der Waals surface area (Å²) in [7, 11) is -2.53. The number of ether oxygens (including phenoxy) is 1. The highest BCUT2D eigenvalue weighted by Crippen LogP contribution is 2.33. The van der Waals surface area contributed by atoms with E-state index in [1.54, 1.807) is 4.90 Å². The first-order valence-electron chi connectivity index (χ1n) is 8.43. The van der Waals surface area contributed by atoms with Gasteiger partial charge in [0.15, 0.2) is 0 Å². The third-order valence-electron chi connectivity index (χ3n) is 5.09. The van der Waals surface area contributed by atoms with Gasteiger partial charge in [0.1, 0.15) is 4.90 Å². The lowest BCUT2D eigenvalue weighted by molar-refractivity contribution is 0.0775. The second kappa shape index (κ2) is 6.64. The molecule has 2 aliphatic heterocycles. The van der Waals surface area contributed by atoms with Gasteiger partial charge in [-0.1, -0.05) is 6.92 Å². The minimum Gasteiger partial charge on any atom is -0.383 e. The van der Waals surface area contributed by atoms with E-state index in [1.807, 2.05) is 6.92 Å². The number of hydrogen-bond acceptors (Lipinski definition) is 6. The van der Waals surface area contributed by atoms with Crippen LogP contribution in [0.2, 0.25) is 0 Å². The van der Waals surface area contributed by atoms with Gasteiger partial charge in [-0.15, -0.1) is 0 Å². The zero-order chi connectivity index (χ0) is 19.1. The summed E-state index contributed by atoms with van der Waals surface area (Å²) in [6.07, 6.45) is 0.807. The molecule has 1 fully saturated rings. The van der Waals surface area contributed by atoms with Crippen molar-refractivity contribution in [3.05, 3.63) is 29.3 Å². The van der Waals surface area contributed by atoms with Crippen LogP contribution < -0.4 is 5.73 Å². The number of hydrogen-bond donors (Lipinski definition) is 1. The monoisotopic (exact) mass is 381 g/mol. The molecule has 1 saturated heterocycles. The van der Waals surface area contributed by atoms with Gasteiger partial charge in [-0.2, -0.15) is 0 Å². The van der Waals surface area contributed by atoms with Gasteiger partial charge in [-0.25, -0.2) is 12.7 Å². The molecule has 0 bridgehead atoms. The molecule has 2 amide bonds. The number of rotatable bonds is 5. The van der Waals surface area contributed by atoms with Crippen LogP contribution in [0.3, 0.4) is 0 Å². The summed E-state index contributed by atoms with van der Waals surface area (Å²) in [6.45, 7) is 3.67. The highest BCUT2D eigenvalue weighted by Gasteiger charge is 2.42. The number of amides is 2. The smallest absolute Gasteiger partial charge is 0.269 e. The van der Waals surface area contributed by atoms with Gasteiger partial charge in [0.2, 0.25) is 0 Å². The lowest BCUT2D eigenvalue weighted by Gasteiger charge is -2.22. The molecule has 9 heteroatoms. The molecule has 1 atom stereocenters. The summed E-state index contributed by atoms with van der Waals surface area (Å²) in [5, 5.41) is 0. The third kappa shape index (κ3) is 3.00. The van der Waals surface area contributed by atoms with Crippen LogP contribution >= 0.6 is 0 Å². The highest BCUT2D eigenvalue weighted by molar-refractivity contribution is 7.90. The first-order valence-corrected chi connectivity index (χ1v) is 9.87. The van der Waals surface area contributed by atoms with Crippen molar-refractivity contribution in [1.82, 2.24) is 9.21 Å². The predicted octanol–water partition coefficient (Wildman–Crippen LogP) is 0.288. The van der Waals surface area contributed by atoms with Crippen molar-refractivity contribution >= 4 is 21.8 Å². The molecule has 8 nitrogen and oxygen atoms in total. The van der Waals surface area contributed by atoms with Crippen molar-refractivity contribution < 1.29 is 22.7 Å². The fourth-order valence-electron chi connectivity index (χ4n) is 3.35. The molecule has 142 valence electrons. The van der Waals surface area contributed by atoms with E-state index in [0.717, 1.165) is 10.7 Å². The van der Waals surface area contributed by atoms with Gasteiger partial charge in [0.05, 0.1) is 18.7 Å². The predicted molar refractivity (Wildman–Crippen MR) is 94.2 cm³/mol. The van der Waals surface area contributed by atoms with E-state index in [4.69, 9.17) is 10.5 Å². The molecule has 1 aromatic carbocycles. The molecule has 2 N–H and O–H groups in total. The number of likely N-dealkylation sites (tertiary alicyclic amines) is 1. The van der Waals surface area contributed by atoms with Crippen molar-refractivity contribution in [2.75, 3.05) is 39.9 Å². The molecule has 0 aromatic heterocycles. The Morgan fingerprint density at radius 2 is 2.12 bits per heavy atom. The van der Waals surface area contributed by atoms with Gasteiger partial charge in [0, 0.05) is 25.8 Å². The summed E-state index contributed by atoms with van der Waals surface area (Å²) < 4.78 is 31.0. The quantitative estimate of drug-likeness (QED) is 0.785. The van der Waals surface area contributed by atoms with E-state index in [9.17, 15) is 18.0 Å². The topological polar surface area (TPSA) is 110 Å². The molecule has 2 aliphatic rings. The van der Waals surface area contributed by atoms with Crippen LogP contribution in [0, 0.1) is 5.41 Å². The molecular formula is C17H23N3O5S. The fraction of sp³-hybridized carbons (Fsp3) is 0.529. The fourth-order valence-corrected chi connectivity index (χ4v) is 4.93. The number of carbonyl (C=O) groups excluding carboxylic acids is 2. The van der Waals surface area contributed by atoms with Gasteiger partial charge in [-0.05, 0) is 36.6 Å². The summed E-state index contributed by atoms with van der Waals surface area (Å²) in [6, 6.07) is 4.22. The Labute approximate surface area is 152 Å². The first-order chi connectivity index (χ1) is 12.2. The van der Waals surface area contributed by atoms with E-state index in [-0.39, 0.29) is 40.5 Å². The number of nitrogens with two attached hydrogens (primary N) is 1. The molecule has 1 aromatic rings. The van der Waals surface area contributed by atoms with Gasteiger partial charge in [-0.3, -0.25) is 9.59 Å². The number of methoxy groups -OCH3 is 1. The van der Waals surface area contributed by atoms with Crippen molar-refractivity contribution in [3.63, 3.8) is 0 Å². The molecule has 26 heavy (non-hydrogen) atoms. The Morgan fingerprint density at radius 3 is 2.73 bits per heavy atom. The maximum Gasteiger partial charge on any atom is 0.269 e. The second-order valence-electron chi connectivity index (χ2n) is 7.08. The van der Waals surface area contributed by atoms with Crippen LogP contribution in [-0.2, 0) is 14.8 Å². The van der Waals surface area contributed by atoms with Crippen LogP contribution in [0.15, 0.2) is 23.1 Å². The first kappa shape index (κ1) is 18.8. The average Bonchev–Trinajstić information content (AvgIpc) is 3.10. The Morgan fingerprint density at radius 1 is 1.38 bits per heavy atom. The second-order valence-corrected chi connectivity index (χ2v) is 8.91. The highest BCUT2D eigenvalue weighted by atomic mass is 32.2. The van der Waals surface area contributed by atoms with Crippen molar-refractivity contribution in [2.45, 2.75) is 18.2 Å². The zero-order valence-electron chi connectivity index (χ0n) is 14.9. The largest absolute Gasteiger partial charge is 0.383 e. The SMILES string of the molecule is COCCN1C(=O)c2ccc(C(=O)N3CCC(C)(CN)C3)cc2S1(=O)=O. The van der Waals surface area contributed by atoms with Crippen LogP contribution in [0.5, 0.6) is 0 Å². The van der Waals surface area contributed by atoms with Gasteiger partial charge in [0.25, 0.3) is 21.8 Å². The Kier molecular flexibility index (Phi) is 4.80. The summed E-state index contributed by atoms with van der Waals surface area (Å²) in [5.74, 6) is -0.837. The molecular weight excluding hydrogens is 358 g/mol. The Bertz CT molecular complexity index is 854. The molecule has 1 unspecified atom stereocenters. The van der Waals surface area contributed by atoms with E-state index in [1.165, 1.54) is 25.3 Å². The number of benzene rings is 1. The normalized spacial score (nSPS) is 24.2. The molecule has 0 aliphatic carbocycles. The minimum absolute atomic E-state index is 0.0589. The number of fused-ring (bicyclic) bond motifs is 1. The average molecular weight is 381 g/mol. The lowest BCUT2D eigenvalue weighted by atomic mass is 9.90. The zero-order valence-corrected chi connectivity index (χ0v) is 15.7. The number of nitrogens with zero attached hydrogens (tertiary/aromatic N) is 2. The van der Waals surface area contributed by atoms with Crippen molar-refractivity contribution in [1.29, 1.82) is 0 Å². The van der Waals surface area contributed by atoms with E-state index in [2.05, 4.69) is 0 Å². The molecule has 2 heterocycles. The molecule has 0 saturated carbocycles. The standard InChI is InChI=1S/C17H23N3O5S/c1-17(10-18)5-6-19(11-17)15(21)12-3-4-13-14(9-12)26(23,24)20(16(13)22)7-8-25-2/h3-4,9H,5-8,10-11,18H2,1-2H3. The van der Waals surface area contributed by atoms with E-state index < -0.39 is 15.9 Å². The van der Waals surface area contributed by atoms with Crippen LogP contribution in [0.1, 0.15) is 34.1 Å². The molecule has 0 radical (unpaired) electrons. The lowest BCUT2D eigenvalue weighted by Crippen LogP contribution is -2.34.